The molecule has 1 heterocycles. The van der Waals surface area contributed by atoms with Gasteiger partial charge in [0.15, 0.2) is 0 Å². The lowest BCUT2D eigenvalue weighted by Crippen LogP contribution is -2.44. The van der Waals surface area contributed by atoms with E-state index in [0.29, 0.717) is 6.54 Å². The average molecular weight is 185 g/mol. The minimum absolute atomic E-state index is 0.00831. The van der Waals surface area contributed by atoms with Gasteiger partial charge in [-0.2, -0.15) is 0 Å². The van der Waals surface area contributed by atoms with E-state index in [1.54, 1.807) is 0 Å². The minimum atomic E-state index is -0.594. The molecule has 0 saturated carbocycles. The van der Waals surface area contributed by atoms with Crippen molar-refractivity contribution < 1.29 is 5.11 Å². The summed E-state index contributed by atoms with van der Waals surface area (Å²) in [4.78, 5) is 2.09. The summed E-state index contributed by atoms with van der Waals surface area (Å²) in [6.45, 7) is 5.31. The number of amidine groups is 1. The minimum Gasteiger partial charge on any atom is -0.389 e. The molecule has 0 bridgehead atoms. The van der Waals surface area contributed by atoms with Gasteiger partial charge >= 0.3 is 0 Å². The fourth-order valence-electron chi connectivity index (χ4n) is 1.92. The number of likely N-dealkylation sites (tertiary alicyclic amines) is 1. The number of nitrogens with zero attached hydrogens (tertiary/aromatic N) is 1. The van der Waals surface area contributed by atoms with Crippen molar-refractivity contribution in [2.24, 2.45) is 5.73 Å². The summed E-state index contributed by atoms with van der Waals surface area (Å²) in [6.07, 6.45) is 1.61. The Hall–Kier alpha value is -0.610. The Morgan fingerprint density at radius 1 is 1.77 bits per heavy atom. The van der Waals surface area contributed by atoms with Crippen molar-refractivity contribution in [2.75, 3.05) is 13.1 Å². The Labute approximate surface area is 79.2 Å². The first-order chi connectivity index (χ1) is 5.96. The van der Waals surface area contributed by atoms with Crippen LogP contribution in [0.3, 0.4) is 0 Å². The molecule has 1 saturated heterocycles. The molecule has 0 aromatic heterocycles. The summed E-state index contributed by atoms with van der Waals surface area (Å²) in [5.74, 6) is 0.209. The molecule has 1 aliphatic heterocycles. The second kappa shape index (κ2) is 3.64. The van der Waals surface area contributed by atoms with E-state index < -0.39 is 5.60 Å². The molecular formula is C9H19N3O. The fourth-order valence-corrected chi connectivity index (χ4v) is 1.92. The number of hydrogen-bond acceptors (Lipinski definition) is 3. The van der Waals surface area contributed by atoms with E-state index in [0.717, 1.165) is 19.4 Å². The van der Waals surface area contributed by atoms with Gasteiger partial charge in [0, 0.05) is 13.1 Å². The Bertz CT molecular complexity index is 203. The van der Waals surface area contributed by atoms with Crippen molar-refractivity contribution in [3.05, 3.63) is 0 Å². The van der Waals surface area contributed by atoms with E-state index in [-0.39, 0.29) is 11.9 Å². The monoisotopic (exact) mass is 185 g/mol. The molecule has 4 nitrogen and oxygen atoms in total. The highest BCUT2D eigenvalue weighted by atomic mass is 16.3. The molecule has 2 unspecified atom stereocenters. The molecule has 4 N–H and O–H groups in total. The van der Waals surface area contributed by atoms with E-state index in [1.807, 2.05) is 13.8 Å². The third-order valence-corrected chi connectivity index (χ3v) is 2.67. The van der Waals surface area contributed by atoms with Gasteiger partial charge in [0.05, 0.1) is 11.6 Å². The first kappa shape index (κ1) is 10.5. The predicted molar refractivity (Wildman–Crippen MR) is 52.8 cm³/mol. The molecule has 0 aliphatic carbocycles. The molecule has 76 valence electrons. The standard InChI is InChI=1S/C9H19N3O/c1-3-7(8(10)11)12-5-4-9(2,13)6-12/h7,13H,3-6H2,1-2H3,(H3,10,11). The van der Waals surface area contributed by atoms with Crippen molar-refractivity contribution in [2.45, 2.75) is 38.3 Å². The van der Waals surface area contributed by atoms with Crippen LogP contribution in [0.25, 0.3) is 0 Å². The molecule has 0 radical (unpaired) electrons. The third-order valence-electron chi connectivity index (χ3n) is 2.67. The number of rotatable bonds is 3. The summed E-state index contributed by atoms with van der Waals surface area (Å²) < 4.78 is 0. The maximum Gasteiger partial charge on any atom is 0.108 e. The first-order valence-electron chi connectivity index (χ1n) is 4.76. The Morgan fingerprint density at radius 2 is 2.38 bits per heavy atom. The molecule has 4 heteroatoms. The van der Waals surface area contributed by atoms with Gasteiger partial charge in [-0.15, -0.1) is 0 Å². The van der Waals surface area contributed by atoms with Crippen molar-refractivity contribution in [3.63, 3.8) is 0 Å². The van der Waals surface area contributed by atoms with Gasteiger partial charge in [0.25, 0.3) is 0 Å². The summed E-state index contributed by atoms with van der Waals surface area (Å²) in [5, 5.41) is 17.1. The van der Waals surface area contributed by atoms with E-state index >= 15 is 0 Å². The smallest absolute Gasteiger partial charge is 0.108 e. The molecule has 1 aliphatic rings. The Kier molecular flexibility index (Phi) is 2.93. The Morgan fingerprint density at radius 3 is 2.69 bits per heavy atom. The van der Waals surface area contributed by atoms with Gasteiger partial charge in [-0.25, -0.2) is 0 Å². The van der Waals surface area contributed by atoms with Gasteiger partial charge < -0.3 is 10.8 Å². The van der Waals surface area contributed by atoms with Crippen molar-refractivity contribution >= 4 is 5.84 Å². The van der Waals surface area contributed by atoms with E-state index in [9.17, 15) is 5.11 Å². The molecule has 0 aromatic carbocycles. The number of nitrogens with one attached hydrogen (secondary N) is 1. The van der Waals surface area contributed by atoms with Crippen LogP contribution in [-0.2, 0) is 0 Å². The summed E-state index contributed by atoms with van der Waals surface area (Å²) in [7, 11) is 0. The molecule has 0 amide bonds. The quantitative estimate of drug-likeness (QED) is 0.433. The normalized spacial score (nSPS) is 31.9. The molecule has 2 atom stereocenters. The van der Waals surface area contributed by atoms with Crippen LogP contribution >= 0.6 is 0 Å². The number of nitrogens with two attached hydrogens (primary N) is 1. The molecule has 13 heavy (non-hydrogen) atoms. The van der Waals surface area contributed by atoms with Crippen molar-refractivity contribution in [3.8, 4) is 0 Å². The van der Waals surface area contributed by atoms with Gasteiger partial charge in [-0.05, 0) is 19.8 Å². The van der Waals surface area contributed by atoms with Crippen LogP contribution in [0.5, 0.6) is 0 Å². The lowest BCUT2D eigenvalue weighted by molar-refractivity contribution is 0.0660. The number of β-amino-alcohol motifs (C(OH)–C–C–N with tert-alkyl or cyclic N) is 1. The fraction of sp³-hybridized carbons (Fsp3) is 0.889. The van der Waals surface area contributed by atoms with E-state index in [4.69, 9.17) is 11.1 Å². The highest BCUT2D eigenvalue weighted by Gasteiger charge is 2.35. The zero-order chi connectivity index (χ0) is 10.1. The molecular weight excluding hydrogens is 166 g/mol. The van der Waals surface area contributed by atoms with E-state index in [1.165, 1.54) is 0 Å². The zero-order valence-corrected chi connectivity index (χ0v) is 8.38. The lowest BCUT2D eigenvalue weighted by atomic mass is 10.1. The average Bonchev–Trinajstić information content (AvgIpc) is 2.31. The summed E-state index contributed by atoms with van der Waals surface area (Å²) >= 11 is 0. The molecule has 0 spiro atoms. The van der Waals surface area contributed by atoms with Crippen LogP contribution in [0.1, 0.15) is 26.7 Å². The van der Waals surface area contributed by atoms with Gasteiger partial charge in [-0.1, -0.05) is 6.92 Å². The van der Waals surface area contributed by atoms with E-state index in [2.05, 4.69) is 4.90 Å². The highest BCUT2D eigenvalue weighted by Crippen LogP contribution is 2.22. The lowest BCUT2D eigenvalue weighted by Gasteiger charge is -2.26. The third kappa shape index (κ3) is 2.42. The van der Waals surface area contributed by atoms with Crippen LogP contribution in [0.15, 0.2) is 0 Å². The van der Waals surface area contributed by atoms with Crippen LogP contribution in [-0.4, -0.2) is 40.6 Å². The van der Waals surface area contributed by atoms with Crippen molar-refractivity contribution in [1.82, 2.24) is 4.90 Å². The van der Waals surface area contributed by atoms with Crippen LogP contribution in [0.2, 0.25) is 0 Å². The second-order valence-corrected chi connectivity index (χ2v) is 4.10. The van der Waals surface area contributed by atoms with Crippen molar-refractivity contribution in [1.29, 1.82) is 5.41 Å². The van der Waals surface area contributed by atoms with Crippen LogP contribution < -0.4 is 5.73 Å². The first-order valence-corrected chi connectivity index (χ1v) is 4.76. The number of hydrogen-bond donors (Lipinski definition) is 3. The molecule has 1 fully saturated rings. The predicted octanol–water partition coefficient (Wildman–Crippen LogP) is 0.158. The maximum absolute atomic E-state index is 9.74. The zero-order valence-electron chi connectivity index (χ0n) is 8.38. The SMILES string of the molecule is CCC(C(=N)N)N1CCC(C)(O)C1. The molecule has 0 aromatic rings. The largest absolute Gasteiger partial charge is 0.389 e. The van der Waals surface area contributed by atoms with Gasteiger partial charge in [0.1, 0.15) is 5.84 Å². The van der Waals surface area contributed by atoms with Crippen LogP contribution in [0.4, 0.5) is 0 Å². The topological polar surface area (TPSA) is 73.3 Å². The second-order valence-electron chi connectivity index (χ2n) is 4.10. The van der Waals surface area contributed by atoms with Gasteiger partial charge in [-0.3, -0.25) is 10.3 Å². The van der Waals surface area contributed by atoms with Crippen LogP contribution in [0, 0.1) is 5.41 Å². The summed E-state index contributed by atoms with van der Waals surface area (Å²) in [6, 6.07) is 0.00831. The number of aliphatic hydroxyl groups is 1. The molecule has 1 rings (SSSR count). The Balaban J connectivity index is 2.58. The highest BCUT2D eigenvalue weighted by molar-refractivity contribution is 5.82. The maximum atomic E-state index is 9.74. The van der Waals surface area contributed by atoms with Gasteiger partial charge in [0.2, 0.25) is 0 Å². The summed E-state index contributed by atoms with van der Waals surface area (Å²) in [5.41, 5.74) is 4.88.